The van der Waals surface area contributed by atoms with Crippen molar-refractivity contribution in [1.82, 2.24) is 19.7 Å². The van der Waals surface area contributed by atoms with E-state index in [-0.39, 0.29) is 23.8 Å². The van der Waals surface area contributed by atoms with Crippen LogP contribution in [0.3, 0.4) is 0 Å². The Morgan fingerprint density at radius 3 is 2.80 bits per heavy atom. The van der Waals surface area contributed by atoms with Crippen molar-refractivity contribution in [2.45, 2.75) is 38.3 Å². The summed E-state index contributed by atoms with van der Waals surface area (Å²) >= 11 is 0. The van der Waals surface area contributed by atoms with Gasteiger partial charge in [-0.1, -0.05) is 24.3 Å². The highest BCUT2D eigenvalue weighted by atomic mass is 16.1. The SMILES string of the molecule is CC1(C)CC(c2ccccn2)Nc2c(C(=O)Cc3cnc4ccccc4c3)cnn21. The Kier molecular flexibility index (Phi) is 4.35. The van der Waals surface area contributed by atoms with E-state index in [1.165, 1.54) is 0 Å². The average molecular weight is 397 g/mol. The number of pyridine rings is 2. The van der Waals surface area contributed by atoms with Gasteiger partial charge in [0.15, 0.2) is 5.78 Å². The summed E-state index contributed by atoms with van der Waals surface area (Å²) in [5.41, 5.74) is 3.17. The van der Waals surface area contributed by atoms with Crippen LogP contribution in [0.2, 0.25) is 0 Å². The largest absolute Gasteiger partial charge is 0.361 e. The maximum absolute atomic E-state index is 13.2. The molecule has 4 heterocycles. The second kappa shape index (κ2) is 7.06. The lowest BCUT2D eigenvalue weighted by Gasteiger charge is -2.37. The lowest BCUT2D eigenvalue weighted by molar-refractivity contribution is 0.0993. The number of carbonyl (C=O) groups excluding carboxylic acids is 1. The fourth-order valence-corrected chi connectivity index (χ4v) is 4.21. The van der Waals surface area contributed by atoms with E-state index in [9.17, 15) is 4.79 Å². The third kappa shape index (κ3) is 3.24. The number of rotatable bonds is 4. The lowest BCUT2D eigenvalue weighted by atomic mass is 9.90. The molecule has 5 rings (SSSR count). The van der Waals surface area contributed by atoms with Gasteiger partial charge in [-0.2, -0.15) is 5.10 Å². The number of para-hydroxylation sites is 1. The topological polar surface area (TPSA) is 72.7 Å². The summed E-state index contributed by atoms with van der Waals surface area (Å²) < 4.78 is 1.93. The molecule has 1 N–H and O–H groups in total. The number of ketones is 1. The van der Waals surface area contributed by atoms with E-state index in [0.29, 0.717) is 5.56 Å². The highest BCUT2D eigenvalue weighted by Gasteiger charge is 2.37. The molecule has 0 amide bonds. The molecular weight excluding hydrogens is 374 g/mol. The molecule has 4 aromatic rings. The molecule has 1 unspecified atom stereocenters. The van der Waals surface area contributed by atoms with Crippen LogP contribution in [0.4, 0.5) is 5.82 Å². The highest BCUT2D eigenvalue weighted by molar-refractivity contribution is 6.02. The third-order valence-electron chi connectivity index (χ3n) is 5.71. The number of carbonyl (C=O) groups is 1. The summed E-state index contributed by atoms with van der Waals surface area (Å²) in [5.74, 6) is 0.791. The number of anilines is 1. The van der Waals surface area contributed by atoms with Gasteiger partial charge in [0.25, 0.3) is 0 Å². The van der Waals surface area contributed by atoms with Crippen LogP contribution in [-0.2, 0) is 12.0 Å². The zero-order chi connectivity index (χ0) is 20.7. The summed E-state index contributed by atoms with van der Waals surface area (Å²) in [6.07, 6.45) is 6.38. The first-order chi connectivity index (χ1) is 14.5. The van der Waals surface area contributed by atoms with Gasteiger partial charge in [-0.15, -0.1) is 0 Å². The lowest BCUT2D eigenvalue weighted by Crippen LogP contribution is -2.38. The van der Waals surface area contributed by atoms with Crippen molar-refractivity contribution in [3.8, 4) is 0 Å². The molecule has 0 aliphatic carbocycles. The number of nitrogens with one attached hydrogen (secondary N) is 1. The summed E-state index contributed by atoms with van der Waals surface area (Å²) in [4.78, 5) is 22.2. The van der Waals surface area contributed by atoms with Crippen molar-refractivity contribution in [3.05, 3.63) is 83.9 Å². The minimum absolute atomic E-state index is 0.0262. The molecule has 0 bridgehead atoms. The number of fused-ring (bicyclic) bond motifs is 2. The average Bonchev–Trinajstić information content (AvgIpc) is 3.19. The van der Waals surface area contributed by atoms with E-state index in [2.05, 4.69) is 34.2 Å². The zero-order valence-corrected chi connectivity index (χ0v) is 17.0. The van der Waals surface area contributed by atoms with Gasteiger partial charge >= 0.3 is 0 Å². The highest BCUT2D eigenvalue weighted by Crippen LogP contribution is 2.39. The van der Waals surface area contributed by atoms with Crippen LogP contribution >= 0.6 is 0 Å². The van der Waals surface area contributed by atoms with E-state index in [1.807, 2.05) is 53.2 Å². The van der Waals surface area contributed by atoms with Crippen molar-refractivity contribution < 1.29 is 4.79 Å². The van der Waals surface area contributed by atoms with Gasteiger partial charge < -0.3 is 5.32 Å². The number of nitrogens with zero attached hydrogens (tertiary/aromatic N) is 4. The molecule has 6 nitrogen and oxygen atoms in total. The molecule has 3 aromatic heterocycles. The van der Waals surface area contributed by atoms with Crippen LogP contribution in [0.1, 0.15) is 47.9 Å². The van der Waals surface area contributed by atoms with E-state index >= 15 is 0 Å². The predicted molar refractivity (Wildman–Crippen MR) is 117 cm³/mol. The van der Waals surface area contributed by atoms with Crippen molar-refractivity contribution in [3.63, 3.8) is 0 Å². The standard InChI is InChI=1S/C24H23N5O/c1-24(2)13-21(20-9-5-6-10-25-20)28-23-18(15-27-29(23)24)22(30)12-16-11-17-7-3-4-8-19(17)26-14-16/h3-11,14-15,21,28H,12-13H2,1-2H3. The molecule has 0 spiro atoms. The van der Waals surface area contributed by atoms with E-state index in [1.54, 1.807) is 18.6 Å². The minimum Gasteiger partial charge on any atom is -0.361 e. The van der Waals surface area contributed by atoms with Crippen molar-refractivity contribution in [2.24, 2.45) is 0 Å². The molecule has 1 aliphatic heterocycles. The van der Waals surface area contributed by atoms with Crippen molar-refractivity contribution in [1.29, 1.82) is 0 Å². The fraction of sp³-hybridized carbons (Fsp3) is 0.250. The molecular formula is C24H23N5O. The smallest absolute Gasteiger partial charge is 0.172 e. The van der Waals surface area contributed by atoms with Gasteiger partial charge in [0.05, 0.1) is 34.6 Å². The number of Topliss-reactive ketones (excluding diaryl/α,β-unsaturated/α-hetero) is 1. The Balaban J connectivity index is 1.46. The molecule has 1 aromatic carbocycles. The zero-order valence-electron chi connectivity index (χ0n) is 17.0. The predicted octanol–water partition coefficient (Wildman–Crippen LogP) is 4.54. The van der Waals surface area contributed by atoms with Gasteiger partial charge in [-0.3, -0.25) is 14.8 Å². The van der Waals surface area contributed by atoms with Gasteiger partial charge in [0.1, 0.15) is 5.82 Å². The molecule has 0 saturated carbocycles. The third-order valence-corrected chi connectivity index (χ3v) is 5.71. The van der Waals surface area contributed by atoms with Crippen LogP contribution in [0.25, 0.3) is 10.9 Å². The summed E-state index contributed by atoms with van der Waals surface area (Å²) in [6, 6.07) is 15.9. The number of aromatic nitrogens is 4. The van der Waals surface area contributed by atoms with Gasteiger partial charge in [-0.25, -0.2) is 4.68 Å². The summed E-state index contributed by atoms with van der Waals surface area (Å²) in [7, 11) is 0. The second-order valence-electron chi connectivity index (χ2n) is 8.42. The summed E-state index contributed by atoms with van der Waals surface area (Å²) in [6.45, 7) is 4.28. The minimum atomic E-state index is -0.230. The van der Waals surface area contributed by atoms with E-state index in [4.69, 9.17) is 0 Å². The molecule has 0 saturated heterocycles. The Bertz CT molecular complexity index is 1230. The first-order valence-electron chi connectivity index (χ1n) is 10.1. The molecule has 1 aliphatic rings. The molecule has 1 atom stereocenters. The summed E-state index contributed by atoms with van der Waals surface area (Å²) in [5, 5.41) is 9.10. The Morgan fingerprint density at radius 1 is 1.13 bits per heavy atom. The number of hydrogen-bond acceptors (Lipinski definition) is 5. The molecule has 6 heteroatoms. The van der Waals surface area contributed by atoms with Gasteiger partial charge in [0, 0.05) is 24.2 Å². The normalized spacial score (nSPS) is 17.3. The van der Waals surface area contributed by atoms with Crippen molar-refractivity contribution in [2.75, 3.05) is 5.32 Å². The van der Waals surface area contributed by atoms with Crippen LogP contribution in [-0.4, -0.2) is 25.5 Å². The van der Waals surface area contributed by atoms with Crippen LogP contribution in [0.15, 0.2) is 67.1 Å². The second-order valence-corrected chi connectivity index (χ2v) is 8.42. The molecule has 0 fully saturated rings. The van der Waals surface area contributed by atoms with Gasteiger partial charge in [0.2, 0.25) is 0 Å². The van der Waals surface area contributed by atoms with Crippen molar-refractivity contribution >= 4 is 22.5 Å². The number of hydrogen-bond donors (Lipinski definition) is 1. The van der Waals surface area contributed by atoms with Crippen LogP contribution in [0, 0.1) is 0 Å². The first-order valence-corrected chi connectivity index (χ1v) is 10.1. The Morgan fingerprint density at radius 2 is 1.97 bits per heavy atom. The van der Waals surface area contributed by atoms with Crippen LogP contribution < -0.4 is 5.32 Å². The van der Waals surface area contributed by atoms with Gasteiger partial charge in [-0.05, 0) is 50.1 Å². The van der Waals surface area contributed by atoms with E-state index in [0.717, 1.165) is 34.4 Å². The molecule has 0 radical (unpaired) electrons. The monoisotopic (exact) mass is 397 g/mol. The fourth-order valence-electron chi connectivity index (χ4n) is 4.21. The number of benzene rings is 1. The van der Waals surface area contributed by atoms with E-state index < -0.39 is 0 Å². The molecule has 150 valence electrons. The quantitative estimate of drug-likeness (QED) is 0.512. The first kappa shape index (κ1) is 18.5. The molecule has 30 heavy (non-hydrogen) atoms. The van der Waals surface area contributed by atoms with Crippen LogP contribution in [0.5, 0.6) is 0 Å². The maximum Gasteiger partial charge on any atom is 0.172 e. The Labute approximate surface area is 175 Å². The maximum atomic E-state index is 13.2. The Hall–Kier alpha value is -3.54.